The van der Waals surface area contributed by atoms with Crippen LogP contribution in [0.4, 0.5) is 0 Å². The summed E-state index contributed by atoms with van der Waals surface area (Å²) in [7, 11) is -4.42. The van der Waals surface area contributed by atoms with Crippen molar-refractivity contribution in [1.29, 1.82) is 0 Å². The zero-order valence-corrected chi connectivity index (χ0v) is 40.3. The lowest BCUT2D eigenvalue weighted by atomic mass is 10.0. The predicted octanol–water partition coefficient (Wildman–Crippen LogP) is 15.0. The van der Waals surface area contributed by atoms with Crippen molar-refractivity contribution in [3.05, 3.63) is 12.2 Å². The molecular formula is C50H98NO8P. The molecule has 0 spiro atoms. The summed E-state index contributed by atoms with van der Waals surface area (Å²) in [6.45, 7) is 3.61. The van der Waals surface area contributed by atoms with E-state index >= 15 is 0 Å². The van der Waals surface area contributed by atoms with Gasteiger partial charge in [-0.1, -0.05) is 225 Å². The minimum absolute atomic E-state index is 0.0856. The number of rotatable bonds is 49. The Morgan fingerprint density at radius 3 is 1.25 bits per heavy atom. The number of esters is 1. The number of aliphatic hydroxyl groups is 1. The summed E-state index contributed by atoms with van der Waals surface area (Å²) in [6, 6.07) is 0. The number of amides is 1. The highest BCUT2D eigenvalue weighted by Gasteiger charge is 2.23. The van der Waals surface area contributed by atoms with Gasteiger partial charge in [0, 0.05) is 19.4 Å². The number of phosphoric ester groups is 1. The fourth-order valence-electron chi connectivity index (χ4n) is 7.55. The summed E-state index contributed by atoms with van der Waals surface area (Å²) in [6.07, 6.45) is 51.5. The van der Waals surface area contributed by atoms with Crippen LogP contribution in [0.25, 0.3) is 0 Å². The van der Waals surface area contributed by atoms with Crippen LogP contribution in [0.5, 0.6) is 0 Å². The first-order valence-electron chi connectivity index (χ1n) is 25.7. The quantitative estimate of drug-likeness (QED) is 0.0238. The predicted molar refractivity (Wildman–Crippen MR) is 252 cm³/mol. The maximum Gasteiger partial charge on any atom is 0.472 e. The Morgan fingerprint density at radius 2 is 0.850 bits per heavy atom. The third-order valence-electron chi connectivity index (χ3n) is 11.4. The van der Waals surface area contributed by atoms with E-state index in [9.17, 15) is 24.2 Å². The number of phosphoric acid groups is 1. The van der Waals surface area contributed by atoms with Gasteiger partial charge in [-0.2, -0.15) is 0 Å². The van der Waals surface area contributed by atoms with Gasteiger partial charge in [0.1, 0.15) is 12.7 Å². The number of aliphatic hydroxyl groups excluding tert-OH is 1. The van der Waals surface area contributed by atoms with Gasteiger partial charge in [-0.3, -0.25) is 18.6 Å². The van der Waals surface area contributed by atoms with Gasteiger partial charge >= 0.3 is 13.8 Å². The molecule has 10 heteroatoms. The lowest BCUT2D eigenvalue weighted by Gasteiger charge is -2.15. The van der Waals surface area contributed by atoms with Crippen LogP contribution >= 0.6 is 7.82 Å². The highest BCUT2D eigenvalue weighted by atomic mass is 31.2. The van der Waals surface area contributed by atoms with Crippen LogP contribution in [0.3, 0.4) is 0 Å². The molecule has 0 bridgehead atoms. The molecule has 0 saturated carbocycles. The monoisotopic (exact) mass is 872 g/mol. The highest BCUT2D eigenvalue weighted by molar-refractivity contribution is 7.47. The van der Waals surface area contributed by atoms with Crippen LogP contribution in [-0.4, -0.2) is 54.3 Å². The average Bonchev–Trinajstić information content (AvgIpc) is 3.23. The normalized spacial score (nSPS) is 13.2. The fraction of sp³-hybridized carbons (Fsp3) is 0.920. The molecule has 0 rings (SSSR count). The molecule has 0 fully saturated rings. The van der Waals surface area contributed by atoms with Crippen molar-refractivity contribution in [2.75, 3.05) is 26.4 Å². The Bertz CT molecular complexity index is 995. The second kappa shape index (κ2) is 47.2. The molecule has 356 valence electrons. The van der Waals surface area contributed by atoms with E-state index in [0.29, 0.717) is 6.42 Å². The van der Waals surface area contributed by atoms with Crippen molar-refractivity contribution in [3.8, 4) is 0 Å². The Hall–Kier alpha value is -1.25. The molecule has 0 aliphatic carbocycles. The van der Waals surface area contributed by atoms with Gasteiger partial charge in [0.05, 0.1) is 13.2 Å². The van der Waals surface area contributed by atoms with E-state index in [0.717, 1.165) is 38.5 Å². The van der Waals surface area contributed by atoms with Crippen molar-refractivity contribution in [2.24, 2.45) is 0 Å². The molecule has 1 amide bonds. The number of nitrogens with one attached hydrogen (secondary N) is 1. The van der Waals surface area contributed by atoms with E-state index in [1.165, 1.54) is 199 Å². The van der Waals surface area contributed by atoms with Crippen LogP contribution < -0.4 is 5.32 Å². The molecule has 0 aliphatic rings. The number of unbranched alkanes of at least 4 members (excludes halogenated alkanes) is 34. The van der Waals surface area contributed by atoms with Crippen molar-refractivity contribution in [3.63, 3.8) is 0 Å². The summed E-state index contributed by atoms with van der Waals surface area (Å²) >= 11 is 0. The number of hydrogen-bond donors (Lipinski definition) is 3. The largest absolute Gasteiger partial charge is 0.472 e. The Balaban J connectivity index is 3.52. The first kappa shape index (κ1) is 58.8. The van der Waals surface area contributed by atoms with Crippen LogP contribution in [0, 0.1) is 0 Å². The SMILES string of the molecule is CCCCCCCC/C=C/CCCCCCCCCCCCCC(=O)NCCOP(=O)(O)OCC(O)COC(=O)CCCCCCCCCCCCCCCCCCCC. The molecule has 2 atom stereocenters. The molecule has 0 heterocycles. The third kappa shape index (κ3) is 47.8. The van der Waals surface area contributed by atoms with Gasteiger partial charge in [-0.05, 0) is 38.5 Å². The number of allylic oxidation sites excluding steroid dienone is 2. The van der Waals surface area contributed by atoms with Crippen molar-refractivity contribution < 1.29 is 37.9 Å². The van der Waals surface area contributed by atoms with Gasteiger partial charge in [-0.25, -0.2) is 4.57 Å². The van der Waals surface area contributed by atoms with E-state index < -0.39 is 26.5 Å². The number of carbonyl (C=O) groups excluding carboxylic acids is 2. The maximum absolute atomic E-state index is 12.1. The third-order valence-corrected chi connectivity index (χ3v) is 12.4. The van der Waals surface area contributed by atoms with Crippen LogP contribution in [0.15, 0.2) is 12.2 Å². The molecule has 0 aromatic heterocycles. The van der Waals surface area contributed by atoms with E-state index in [2.05, 4.69) is 31.3 Å². The lowest BCUT2D eigenvalue weighted by molar-refractivity contribution is -0.147. The fourth-order valence-corrected chi connectivity index (χ4v) is 8.31. The second-order valence-corrected chi connectivity index (χ2v) is 19.0. The molecule has 3 N–H and O–H groups in total. The molecule has 2 unspecified atom stereocenters. The minimum Gasteiger partial charge on any atom is -0.463 e. The van der Waals surface area contributed by atoms with Crippen LogP contribution in [0.2, 0.25) is 0 Å². The van der Waals surface area contributed by atoms with E-state index in [1.54, 1.807) is 0 Å². The van der Waals surface area contributed by atoms with Gasteiger partial charge in [-0.15, -0.1) is 0 Å². The van der Waals surface area contributed by atoms with Crippen LogP contribution in [-0.2, 0) is 27.9 Å². The molecule has 0 aliphatic heterocycles. The number of carbonyl (C=O) groups is 2. The van der Waals surface area contributed by atoms with Crippen molar-refractivity contribution in [2.45, 2.75) is 270 Å². The molecule has 0 saturated heterocycles. The summed E-state index contributed by atoms with van der Waals surface area (Å²) in [5.74, 6) is -0.503. The van der Waals surface area contributed by atoms with Gasteiger partial charge in [0.2, 0.25) is 5.91 Å². The Labute approximate surface area is 370 Å². The summed E-state index contributed by atoms with van der Waals surface area (Å²) in [5, 5.41) is 12.7. The van der Waals surface area contributed by atoms with Crippen molar-refractivity contribution in [1.82, 2.24) is 5.32 Å². The minimum atomic E-state index is -4.42. The molecule has 0 radical (unpaired) electrons. The second-order valence-electron chi connectivity index (χ2n) is 17.5. The standard InChI is InChI=1S/C50H98NO8P/c1-3-5-7-9-11-13-15-17-19-21-23-24-25-26-28-30-32-34-36-38-40-42-49(53)51-44-45-58-60(55,56)59-47-48(52)46-57-50(54)43-41-39-37-35-33-31-29-27-22-20-18-16-14-12-10-8-6-4-2/h17,19,48,52H,3-16,18,20-47H2,1-2H3,(H,51,53)(H,55,56)/b19-17+. The highest BCUT2D eigenvalue weighted by Crippen LogP contribution is 2.42. The first-order valence-corrected chi connectivity index (χ1v) is 27.2. The van der Waals surface area contributed by atoms with Gasteiger partial charge in [0.15, 0.2) is 0 Å². The summed E-state index contributed by atoms with van der Waals surface area (Å²) in [4.78, 5) is 34.1. The first-order chi connectivity index (χ1) is 29.3. The van der Waals surface area contributed by atoms with E-state index in [1.807, 2.05) is 0 Å². The average molecular weight is 872 g/mol. The smallest absolute Gasteiger partial charge is 0.463 e. The molecule has 9 nitrogen and oxygen atoms in total. The molecular weight excluding hydrogens is 774 g/mol. The maximum atomic E-state index is 12.1. The number of hydrogen-bond acceptors (Lipinski definition) is 7. The Kier molecular flexibility index (Phi) is 46.3. The van der Waals surface area contributed by atoms with Gasteiger partial charge < -0.3 is 20.1 Å². The summed E-state index contributed by atoms with van der Waals surface area (Å²) in [5.41, 5.74) is 0. The lowest BCUT2D eigenvalue weighted by Crippen LogP contribution is -2.27. The van der Waals surface area contributed by atoms with Gasteiger partial charge in [0.25, 0.3) is 0 Å². The zero-order chi connectivity index (χ0) is 43.9. The molecule has 60 heavy (non-hydrogen) atoms. The van der Waals surface area contributed by atoms with E-state index in [-0.39, 0.29) is 32.1 Å². The zero-order valence-electron chi connectivity index (χ0n) is 39.4. The van der Waals surface area contributed by atoms with Crippen molar-refractivity contribution >= 4 is 19.7 Å². The number of ether oxygens (including phenoxy) is 1. The summed E-state index contributed by atoms with van der Waals surface area (Å²) < 4.78 is 27.0. The Morgan fingerprint density at radius 1 is 0.500 bits per heavy atom. The van der Waals surface area contributed by atoms with E-state index in [4.69, 9.17) is 13.8 Å². The topological polar surface area (TPSA) is 131 Å². The molecule has 0 aromatic carbocycles. The van der Waals surface area contributed by atoms with Crippen LogP contribution in [0.1, 0.15) is 264 Å². The molecule has 0 aromatic rings.